The third kappa shape index (κ3) is 27.4. The van der Waals surface area contributed by atoms with Crippen molar-refractivity contribution in [1.29, 1.82) is 0 Å². The van der Waals surface area contributed by atoms with Gasteiger partial charge in [-0.1, -0.05) is 85.2 Å². The molecule has 10 rings (SSSR count). The summed E-state index contributed by atoms with van der Waals surface area (Å²) >= 11 is 22.3. The number of nitrogens with one attached hydrogen (secondary N) is 4. The molecule has 5 aromatic heterocycles. The van der Waals surface area contributed by atoms with E-state index in [2.05, 4.69) is 93.2 Å². The number of amides is 2. The van der Waals surface area contributed by atoms with E-state index in [1.807, 2.05) is 41.5 Å². The highest BCUT2D eigenvalue weighted by atomic mass is 79.9. The molecule has 0 saturated carbocycles. The molecule has 0 radical (unpaired) electrons. The van der Waals surface area contributed by atoms with Crippen LogP contribution in [0.1, 0.15) is 105 Å². The summed E-state index contributed by atoms with van der Waals surface area (Å²) in [4.78, 5) is 113. The lowest BCUT2D eigenvalue weighted by Crippen LogP contribution is -2.56. The Balaban J connectivity index is 0.902. The largest absolute Gasteiger partial charge is 0.394 e. The minimum absolute atomic E-state index is 0.000674. The lowest BCUT2D eigenvalue weighted by Gasteiger charge is -2.37. The third-order valence-electron chi connectivity index (χ3n) is 20.1. The number of hydrogen-bond acceptors (Lipinski definition) is 41. The Morgan fingerprint density at radius 1 is 0.720 bits per heavy atom. The van der Waals surface area contributed by atoms with Crippen LogP contribution in [0.25, 0.3) is 11.2 Å². The monoisotopic (exact) mass is 1990 g/mol. The van der Waals surface area contributed by atoms with E-state index in [9.17, 15) is 48.3 Å². The van der Waals surface area contributed by atoms with Gasteiger partial charge in [-0.3, -0.25) is 74.6 Å². The third-order valence-corrected chi connectivity index (χ3v) is 27.7. The molecule has 0 aromatic carbocycles. The molecule has 5 aliphatic heterocycles. The first-order valence-electron chi connectivity index (χ1n) is 39.0. The summed E-state index contributed by atoms with van der Waals surface area (Å²) in [5.41, 5.74) is 18.4. The topological polar surface area (TPSA) is 621 Å². The van der Waals surface area contributed by atoms with Crippen molar-refractivity contribution in [2.75, 3.05) is 117 Å². The highest BCUT2D eigenvalue weighted by Crippen LogP contribution is 2.63. The van der Waals surface area contributed by atoms with Gasteiger partial charge >= 0.3 is 44.2 Å². The summed E-state index contributed by atoms with van der Waals surface area (Å²) in [6.07, 6.45) is -15.2. The average Bonchev–Trinajstić information content (AvgIpc) is 1.64. The molecule has 0 aliphatic carbocycles. The number of carbonyl (C=O) groups excluding carboxylic acids is 2. The van der Waals surface area contributed by atoms with E-state index in [1.165, 1.54) is 73.5 Å². The zero-order valence-corrected chi connectivity index (χ0v) is 78.1. The fourth-order valence-electron chi connectivity index (χ4n) is 13.7. The number of nitrogens with zero attached hydrogens (tertiary/aromatic N) is 9. The molecule has 10 heterocycles. The zero-order valence-electron chi connectivity index (χ0n) is 69.4. The number of anilines is 3. The lowest BCUT2D eigenvalue weighted by molar-refractivity contribution is -0.249. The molecule has 5 aromatic rings. The van der Waals surface area contributed by atoms with Crippen LogP contribution in [0.4, 0.5) is 17.6 Å². The Morgan fingerprint density at radius 2 is 1.31 bits per heavy atom. The highest BCUT2D eigenvalue weighted by molar-refractivity contribution is 9.12. The number of rotatable bonds is 48. The molecule has 14 N–H and O–H groups in total. The van der Waals surface area contributed by atoms with Crippen LogP contribution in [0, 0.1) is 29.6 Å². The van der Waals surface area contributed by atoms with Gasteiger partial charge in [0.25, 0.3) is 23.5 Å². The van der Waals surface area contributed by atoms with Gasteiger partial charge in [0.2, 0.25) is 18.2 Å². The number of nitrogen functional groups attached to an aromatic ring is 3. The molecule has 4 saturated heterocycles. The summed E-state index contributed by atoms with van der Waals surface area (Å²) in [6.45, 7) is -9.22. The van der Waals surface area contributed by atoms with Crippen molar-refractivity contribution in [3.8, 4) is 0 Å². The van der Waals surface area contributed by atoms with Crippen LogP contribution in [-0.2, 0) is 123 Å². The summed E-state index contributed by atoms with van der Waals surface area (Å²) in [5, 5.41) is 26.5. The molecule has 0 bridgehead atoms. The van der Waals surface area contributed by atoms with Crippen molar-refractivity contribution in [3.63, 3.8) is 0 Å². The van der Waals surface area contributed by atoms with Crippen molar-refractivity contribution in [1.82, 2.24) is 63.7 Å². The molecule has 0 spiro atoms. The number of aryl methyl sites for hydroxylation is 1. The maximum Gasteiger partial charge on any atom is 0.390 e. The number of H-pyrrole nitrogens is 2. The molecule has 21 atom stereocenters. The molecule has 2 amide bonds. The van der Waals surface area contributed by atoms with Crippen molar-refractivity contribution >= 4 is 132 Å². The van der Waals surface area contributed by atoms with Crippen LogP contribution < -0.4 is 61.8 Å². The van der Waals surface area contributed by atoms with E-state index in [-0.39, 0.29) is 114 Å². The van der Waals surface area contributed by atoms with Gasteiger partial charge in [-0.2, -0.15) is 15.0 Å². The van der Waals surface area contributed by atoms with Crippen molar-refractivity contribution in [2.45, 2.75) is 180 Å². The number of aliphatic hydroxyl groups is 2. The first kappa shape index (κ1) is 102. The normalized spacial score (nSPS) is 26.8. The van der Waals surface area contributed by atoms with E-state index in [0.717, 1.165) is 14.0 Å². The quantitative estimate of drug-likeness (QED) is 0.0115. The molecular weight excluding hydrogens is 1880 g/mol. The van der Waals surface area contributed by atoms with Crippen LogP contribution in [0.15, 0.2) is 71.7 Å². The summed E-state index contributed by atoms with van der Waals surface area (Å²) < 4.78 is 166. The van der Waals surface area contributed by atoms with Gasteiger partial charge in [-0.05, 0) is 83.4 Å². The number of methoxy groups -OCH3 is 2. The standard InChI is InChI=1S/C68H106BrN17O31P4S4/c1-11-47(84-25-36(4)56(89)80-64(84)94)112-66(117-121(125,107-28-41-37(35(2)3)22-48(108-41)82-15-12-44(71)76-62(82)92)104-21-20-102-19-18-101-17-14-74-46(88)24-67(5,6)32-103-33-68(7,8)31-70)116-120(98,124)113-39-23-49(86-34-75-50-55(86)78-61(73)79-58(50)91)109-42(39)29-105-118(96,122)115-52-43(111-59(54(52)100-10)83-16-13-45(72)77-63(83)93)30-106-119(97,123)114-51-40(27-87)110-60(53(51)99-9)85-26-38(69)57(90)81-65(85)95/h12-13,15-16,25-26,34-35,37,39-43,47-49,51-54,59-60,65-66,87,95H,11,14,17-24,27-33,70H2,1-10H3,(H,74,88)(H,81,90)(H,96,122)(H,97,123)(H,98,124)(H2,71,76,92)(H2,72,77,93)(H,80,89,94)(H3,73,78,79,91)/t37?,39?,40-,41-,42-,43-,47-,48-,49-,51?,52?,53?,54?,59-,60-,65?,66?,118?,119?,120?,121?/m1/s1. The smallest absolute Gasteiger partial charge is 0.390 e. The fourth-order valence-corrected chi connectivity index (χ4v) is 20.4. The van der Waals surface area contributed by atoms with Gasteiger partial charge in [0.15, 0.2) is 23.6 Å². The van der Waals surface area contributed by atoms with Crippen LogP contribution in [0.2, 0.25) is 0 Å². The maximum absolute atomic E-state index is 15.6. The number of aliphatic hydroxyl groups excluding tert-OH is 2. The molecule has 700 valence electrons. The second kappa shape index (κ2) is 44.3. The van der Waals surface area contributed by atoms with Gasteiger partial charge in [0.05, 0.1) is 89.6 Å². The Labute approximate surface area is 744 Å². The van der Waals surface area contributed by atoms with E-state index in [0.29, 0.717) is 19.8 Å². The van der Waals surface area contributed by atoms with Gasteiger partial charge in [0.1, 0.15) is 79.2 Å². The summed E-state index contributed by atoms with van der Waals surface area (Å²) in [5.74, 6) is -1.89. The van der Waals surface area contributed by atoms with Crippen LogP contribution >= 0.6 is 79.8 Å². The Hall–Kier alpha value is -5.34. The number of nitrogens with two attached hydrogens (primary N) is 4. The van der Waals surface area contributed by atoms with E-state index in [1.54, 1.807) is 6.92 Å². The number of aromatic nitrogens is 10. The second-order valence-corrected chi connectivity index (χ2v) is 43.5. The van der Waals surface area contributed by atoms with Crippen LogP contribution in [-0.4, -0.2) is 249 Å². The molecule has 5 aliphatic rings. The summed E-state index contributed by atoms with van der Waals surface area (Å²) in [7, 11) is 2.39. The Bertz CT molecular complexity index is 5100. The number of hydrogen-bond donors (Lipinski definition) is 13. The van der Waals surface area contributed by atoms with Crippen molar-refractivity contribution in [2.24, 2.45) is 28.4 Å². The Kier molecular flexibility index (Phi) is 36.0. The molecule has 4 fully saturated rings. The molecule has 57 heteroatoms. The number of thiol groups is 3. The fraction of sp³-hybridized carbons (Fsp3) is 0.691. The van der Waals surface area contributed by atoms with Crippen LogP contribution in [0.3, 0.4) is 0 Å². The SMILES string of the molecule is CC[C@@H](OC(OP(=O)(S)OC1C[C@H](n2cnc3c(=O)[nH]c(N)nc32)O[C@@H]1COP(=O)(S)OC1C(OC)[C@H](n2ccc(N)nc2=O)O[C@@H]1COP(=O)(S)OC1C(OC)[C@H](N2C=C(Br)C(=O)NC2O)O[C@@H]1CO)OP(=S)(OCCOCCOCCNC(=O)CC(C)(C)COCC(C)(C)CN)OC[C@H]1O[C@@H](n2ccc(N)nc2=O)CC1C(C)C)n1cc(C)c(=O)[nH]c1=O. The summed E-state index contributed by atoms with van der Waals surface area (Å²) in [6, 6.07) is 2.68. The van der Waals surface area contributed by atoms with Gasteiger partial charge in [0, 0.05) is 69.4 Å². The predicted molar refractivity (Wildman–Crippen MR) is 460 cm³/mol. The number of carbonyl (C=O) groups is 2. The van der Waals surface area contributed by atoms with Crippen molar-refractivity contribution in [3.05, 3.63) is 105 Å². The highest BCUT2D eigenvalue weighted by Gasteiger charge is 2.55. The molecule has 125 heavy (non-hydrogen) atoms. The molecule has 48 nitrogen and oxygen atoms in total. The average molecular weight is 1990 g/mol. The van der Waals surface area contributed by atoms with E-state index < -0.39 is 205 Å². The van der Waals surface area contributed by atoms with Gasteiger partial charge < -0.3 is 105 Å². The first-order valence-corrected chi connectivity index (χ1v) is 50.4. The number of ether oxygens (including phenoxy) is 10. The number of imidazole rings is 1. The van der Waals surface area contributed by atoms with Gasteiger partial charge in [-0.15, -0.1) is 0 Å². The van der Waals surface area contributed by atoms with Crippen molar-refractivity contribution < 1.29 is 122 Å². The van der Waals surface area contributed by atoms with Crippen LogP contribution in [0.5, 0.6) is 0 Å². The number of aromatic amines is 2. The zero-order chi connectivity index (χ0) is 91.4. The number of fused-ring (bicyclic) bond motifs is 1. The van der Waals surface area contributed by atoms with E-state index >= 15 is 9.13 Å². The first-order chi connectivity index (χ1) is 58.9. The van der Waals surface area contributed by atoms with E-state index in [4.69, 9.17) is 123 Å². The minimum atomic E-state index is -5.22. The predicted octanol–water partition coefficient (Wildman–Crippen LogP) is 3.04. The number of halogens is 1. The Morgan fingerprint density at radius 3 is 1.94 bits per heavy atom. The molecular formula is C68H106BrN17O31P4S4. The minimum Gasteiger partial charge on any atom is -0.394 e. The lowest BCUT2D eigenvalue weighted by atomic mass is 9.89. The molecule has 12 unspecified atom stereocenters. The second-order valence-electron chi connectivity index (χ2n) is 31.1. The maximum atomic E-state index is 15.6. The van der Waals surface area contributed by atoms with Gasteiger partial charge in [-0.25, -0.2) is 37.6 Å².